The normalized spacial score (nSPS) is 17.1. The standard InChI is InChI=1S/C19H22N2O.ClH/c20-13-15-11-12-21(14-15)19(22)18(16-7-3-1-4-8-16)17-9-5-2-6-10-17;/h1-10,15,18H,11-14,20H2;1H. The maximum atomic E-state index is 13.1. The molecule has 0 saturated carbocycles. The quantitative estimate of drug-likeness (QED) is 0.936. The molecule has 1 saturated heterocycles. The number of carbonyl (C=O) groups is 1. The molecule has 4 heteroatoms. The molecule has 1 fully saturated rings. The first-order valence-electron chi connectivity index (χ1n) is 7.88. The molecule has 0 bridgehead atoms. The molecule has 122 valence electrons. The van der Waals surface area contributed by atoms with Gasteiger partial charge in [0.2, 0.25) is 5.91 Å². The van der Waals surface area contributed by atoms with Crippen LogP contribution in [0.15, 0.2) is 60.7 Å². The highest BCUT2D eigenvalue weighted by molar-refractivity contribution is 5.87. The number of halogens is 1. The van der Waals surface area contributed by atoms with Crippen molar-refractivity contribution < 1.29 is 4.79 Å². The largest absolute Gasteiger partial charge is 0.342 e. The fourth-order valence-corrected chi connectivity index (χ4v) is 3.18. The van der Waals surface area contributed by atoms with E-state index in [1.54, 1.807) is 0 Å². The third kappa shape index (κ3) is 3.92. The Balaban J connectivity index is 0.00000192. The molecule has 0 radical (unpaired) electrons. The number of likely N-dealkylation sites (tertiary alicyclic amines) is 1. The first-order valence-corrected chi connectivity index (χ1v) is 7.88. The lowest BCUT2D eigenvalue weighted by Gasteiger charge is -2.24. The Bertz CT molecular complexity index is 578. The minimum atomic E-state index is -0.223. The molecule has 3 rings (SSSR count). The van der Waals surface area contributed by atoms with E-state index in [4.69, 9.17) is 5.73 Å². The Kier molecular flexibility index (Phi) is 6.20. The van der Waals surface area contributed by atoms with Gasteiger partial charge in [-0.25, -0.2) is 0 Å². The van der Waals surface area contributed by atoms with Crippen molar-refractivity contribution in [1.82, 2.24) is 4.90 Å². The van der Waals surface area contributed by atoms with Crippen LogP contribution in [-0.4, -0.2) is 30.4 Å². The van der Waals surface area contributed by atoms with Crippen LogP contribution >= 0.6 is 12.4 Å². The monoisotopic (exact) mass is 330 g/mol. The molecular formula is C19H23ClN2O. The van der Waals surface area contributed by atoms with Crippen LogP contribution in [-0.2, 0) is 4.79 Å². The van der Waals surface area contributed by atoms with Gasteiger partial charge < -0.3 is 10.6 Å². The van der Waals surface area contributed by atoms with E-state index >= 15 is 0 Å². The number of benzene rings is 2. The van der Waals surface area contributed by atoms with Gasteiger partial charge in [0.15, 0.2) is 0 Å². The predicted molar refractivity (Wildman–Crippen MR) is 95.7 cm³/mol. The van der Waals surface area contributed by atoms with Crippen LogP contribution in [0, 0.1) is 5.92 Å². The number of carbonyl (C=O) groups excluding carboxylic acids is 1. The van der Waals surface area contributed by atoms with Gasteiger partial charge in [0.05, 0.1) is 5.92 Å². The third-order valence-corrected chi connectivity index (χ3v) is 4.44. The van der Waals surface area contributed by atoms with E-state index in [0.717, 1.165) is 30.6 Å². The Hall–Kier alpha value is -1.84. The maximum absolute atomic E-state index is 13.1. The summed E-state index contributed by atoms with van der Waals surface area (Å²) in [5.74, 6) is 0.406. The minimum absolute atomic E-state index is 0. The van der Waals surface area contributed by atoms with Crippen molar-refractivity contribution in [2.45, 2.75) is 12.3 Å². The van der Waals surface area contributed by atoms with E-state index in [1.807, 2.05) is 65.6 Å². The van der Waals surface area contributed by atoms with Crippen LogP contribution in [0.4, 0.5) is 0 Å². The molecule has 1 aliphatic heterocycles. The van der Waals surface area contributed by atoms with Crippen molar-refractivity contribution >= 4 is 18.3 Å². The average molecular weight is 331 g/mol. The maximum Gasteiger partial charge on any atom is 0.234 e. The van der Waals surface area contributed by atoms with E-state index in [0.29, 0.717) is 12.5 Å². The smallest absolute Gasteiger partial charge is 0.234 e. The summed E-state index contributed by atoms with van der Waals surface area (Å²) in [4.78, 5) is 15.1. The van der Waals surface area contributed by atoms with Crippen molar-refractivity contribution in [3.8, 4) is 0 Å². The van der Waals surface area contributed by atoms with Gasteiger partial charge in [-0.3, -0.25) is 4.79 Å². The summed E-state index contributed by atoms with van der Waals surface area (Å²) in [6, 6.07) is 20.1. The van der Waals surface area contributed by atoms with E-state index < -0.39 is 0 Å². The number of hydrogen-bond acceptors (Lipinski definition) is 2. The highest BCUT2D eigenvalue weighted by atomic mass is 35.5. The summed E-state index contributed by atoms with van der Waals surface area (Å²) >= 11 is 0. The highest BCUT2D eigenvalue weighted by Gasteiger charge is 2.31. The van der Waals surface area contributed by atoms with Crippen molar-refractivity contribution in [2.75, 3.05) is 19.6 Å². The molecule has 23 heavy (non-hydrogen) atoms. The Labute approximate surface area is 143 Å². The van der Waals surface area contributed by atoms with E-state index in [1.165, 1.54) is 0 Å². The lowest BCUT2D eigenvalue weighted by molar-refractivity contribution is -0.130. The average Bonchev–Trinajstić information content (AvgIpc) is 3.06. The van der Waals surface area contributed by atoms with Crippen LogP contribution in [0.2, 0.25) is 0 Å². The lowest BCUT2D eigenvalue weighted by atomic mass is 9.90. The van der Waals surface area contributed by atoms with Gasteiger partial charge in [0.1, 0.15) is 0 Å². The van der Waals surface area contributed by atoms with Gasteiger partial charge in [-0.15, -0.1) is 12.4 Å². The predicted octanol–water partition coefficient (Wildman–Crippen LogP) is 3.05. The van der Waals surface area contributed by atoms with Gasteiger partial charge >= 0.3 is 0 Å². The molecule has 2 aromatic carbocycles. The molecule has 0 aromatic heterocycles. The topological polar surface area (TPSA) is 46.3 Å². The van der Waals surface area contributed by atoms with Gasteiger partial charge in [-0.1, -0.05) is 60.7 Å². The second-order valence-electron chi connectivity index (χ2n) is 5.93. The third-order valence-electron chi connectivity index (χ3n) is 4.44. The number of amides is 1. The number of hydrogen-bond donors (Lipinski definition) is 1. The summed E-state index contributed by atoms with van der Waals surface area (Å²) in [6.45, 7) is 2.26. The fraction of sp³-hybridized carbons (Fsp3) is 0.316. The summed E-state index contributed by atoms with van der Waals surface area (Å²) in [5, 5.41) is 0. The van der Waals surface area contributed by atoms with Crippen molar-refractivity contribution in [3.63, 3.8) is 0 Å². The molecular weight excluding hydrogens is 308 g/mol. The van der Waals surface area contributed by atoms with Crippen LogP contribution in [0.5, 0.6) is 0 Å². The van der Waals surface area contributed by atoms with Crippen molar-refractivity contribution in [1.29, 1.82) is 0 Å². The van der Waals surface area contributed by atoms with E-state index in [-0.39, 0.29) is 24.2 Å². The Morgan fingerprint density at radius 3 is 2.00 bits per heavy atom. The Morgan fingerprint density at radius 2 is 1.57 bits per heavy atom. The minimum Gasteiger partial charge on any atom is -0.342 e. The van der Waals surface area contributed by atoms with Crippen LogP contribution < -0.4 is 5.73 Å². The second kappa shape index (κ2) is 8.14. The summed E-state index contributed by atoms with van der Waals surface area (Å²) < 4.78 is 0. The number of nitrogens with two attached hydrogens (primary N) is 1. The zero-order valence-electron chi connectivity index (χ0n) is 13.1. The van der Waals surface area contributed by atoms with Gasteiger partial charge in [-0.2, -0.15) is 0 Å². The summed E-state index contributed by atoms with van der Waals surface area (Å²) in [5.41, 5.74) is 7.86. The zero-order valence-corrected chi connectivity index (χ0v) is 13.9. The number of nitrogens with zero attached hydrogens (tertiary/aromatic N) is 1. The Morgan fingerprint density at radius 1 is 1.04 bits per heavy atom. The molecule has 3 nitrogen and oxygen atoms in total. The van der Waals surface area contributed by atoms with Crippen LogP contribution in [0.3, 0.4) is 0 Å². The van der Waals surface area contributed by atoms with Crippen molar-refractivity contribution in [2.24, 2.45) is 11.7 Å². The van der Waals surface area contributed by atoms with Crippen LogP contribution in [0.1, 0.15) is 23.5 Å². The first-order chi connectivity index (χ1) is 10.8. The van der Waals surface area contributed by atoms with Crippen LogP contribution in [0.25, 0.3) is 0 Å². The second-order valence-corrected chi connectivity index (χ2v) is 5.93. The molecule has 2 N–H and O–H groups in total. The molecule has 1 atom stereocenters. The lowest BCUT2D eigenvalue weighted by Crippen LogP contribution is -2.34. The molecule has 1 amide bonds. The summed E-state index contributed by atoms with van der Waals surface area (Å²) in [6.07, 6.45) is 1.01. The van der Waals surface area contributed by atoms with E-state index in [9.17, 15) is 4.79 Å². The van der Waals surface area contributed by atoms with Crippen molar-refractivity contribution in [3.05, 3.63) is 71.8 Å². The number of rotatable bonds is 4. The zero-order chi connectivity index (χ0) is 15.4. The molecule has 0 spiro atoms. The molecule has 1 heterocycles. The van der Waals surface area contributed by atoms with Gasteiger partial charge in [0, 0.05) is 13.1 Å². The summed E-state index contributed by atoms with van der Waals surface area (Å²) in [7, 11) is 0. The molecule has 1 aliphatic rings. The molecule has 0 aliphatic carbocycles. The van der Waals surface area contributed by atoms with E-state index in [2.05, 4.69) is 0 Å². The van der Waals surface area contributed by atoms with Gasteiger partial charge in [0.25, 0.3) is 0 Å². The molecule has 2 aromatic rings. The molecule has 1 unspecified atom stereocenters. The first kappa shape index (κ1) is 17.5. The highest BCUT2D eigenvalue weighted by Crippen LogP contribution is 2.29. The fourth-order valence-electron chi connectivity index (χ4n) is 3.18. The van der Waals surface area contributed by atoms with Gasteiger partial charge in [-0.05, 0) is 30.0 Å². The SMILES string of the molecule is Cl.NCC1CCN(C(=O)C(c2ccccc2)c2ccccc2)C1.